The molecule has 0 spiro atoms. The number of carbonyl (C=O) groups is 2. The van der Waals surface area contributed by atoms with Crippen LogP contribution in [0.15, 0.2) is 30.3 Å². The molecular formula is C17H24N2O2. The molecule has 0 aliphatic carbocycles. The fourth-order valence-electron chi connectivity index (χ4n) is 2.63. The summed E-state index contributed by atoms with van der Waals surface area (Å²) in [6.45, 7) is 5.49. The van der Waals surface area contributed by atoms with Crippen LogP contribution < -0.4 is 10.6 Å². The Labute approximate surface area is 126 Å². The fourth-order valence-corrected chi connectivity index (χ4v) is 2.63. The molecule has 2 amide bonds. The Morgan fingerprint density at radius 3 is 2.62 bits per heavy atom. The minimum Gasteiger partial charge on any atom is -0.355 e. The van der Waals surface area contributed by atoms with E-state index in [0.29, 0.717) is 31.3 Å². The van der Waals surface area contributed by atoms with Crippen LogP contribution in [0.4, 0.5) is 0 Å². The lowest BCUT2D eigenvalue weighted by atomic mass is 9.89. The molecule has 4 heteroatoms. The Bertz CT molecular complexity index is 485. The molecular weight excluding hydrogens is 264 g/mol. The van der Waals surface area contributed by atoms with Crippen LogP contribution in [-0.4, -0.2) is 24.9 Å². The third kappa shape index (κ3) is 4.59. The zero-order valence-electron chi connectivity index (χ0n) is 12.8. The monoisotopic (exact) mass is 288 g/mol. The number of hydrogen-bond acceptors (Lipinski definition) is 2. The average Bonchev–Trinajstić information content (AvgIpc) is 2.90. The van der Waals surface area contributed by atoms with E-state index in [1.165, 1.54) is 5.56 Å². The highest BCUT2D eigenvalue weighted by molar-refractivity contribution is 5.89. The number of carbonyl (C=O) groups excluding carboxylic acids is 2. The third-order valence-electron chi connectivity index (χ3n) is 4.17. The third-order valence-corrected chi connectivity index (χ3v) is 4.17. The molecule has 2 N–H and O–H groups in total. The Balaban J connectivity index is 1.85. The van der Waals surface area contributed by atoms with Crippen molar-refractivity contribution in [3.05, 3.63) is 35.9 Å². The van der Waals surface area contributed by atoms with Crippen molar-refractivity contribution in [3.63, 3.8) is 0 Å². The van der Waals surface area contributed by atoms with Crippen LogP contribution in [0.5, 0.6) is 0 Å². The van der Waals surface area contributed by atoms with Gasteiger partial charge in [-0.1, -0.05) is 44.2 Å². The van der Waals surface area contributed by atoms with Gasteiger partial charge in [0.15, 0.2) is 0 Å². The molecule has 1 aliphatic heterocycles. The topological polar surface area (TPSA) is 58.2 Å². The van der Waals surface area contributed by atoms with E-state index in [9.17, 15) is 9.59 Å². The maximum Gasteiger partial charge on any atom is 0.225 e. The first-order chi connectivity index (χ1) is 10.1. The summed E-state index contributed by atoms with van der Waals surface area (Å²) in [5, 5.41) is 5.72. The highest BCUT2D eigenvalue weighted by Gasteiger charge is 2.28. The van der Waals surface area contributed by atoms with Crippen molar-refractivity contribution in [2.45, 2.75) is 26.7 Å². The number of benzene rings is 1. The van der Waals surface area contributed by atoms with E-state index in [2.05, 4.69) is 36.6 Å². The van der Waals surface area contributed by atoms with Gasteiger partial charge in [-0.25, -0.2) is 0 Å². The molecule has 2 atom stereocenters. The van der Waals surface area contributed by atoms with Gasteiger partial charge in [0.2, 0.25) is 11.8 Å². The van der Waals surface area contributed by atoms with Crippen LogP contribution in [0.25, 0.3) is 0 Å². The molecule has 1 aromatic rings. The van der Waals surface area contributed by atoms with E-state index in [-0.39, 0.29) is 17.7 Å². The van der Waals surface area contributed by atoms with Crippen LogP contribution in [0.1, 0.15) is 25.8 Å². The first-order valence-corrected chi connectivity index (χ1v) is 7.64. The summed E-state index contributed by atoms with van der Waals surface area (Å²) in [6, 6.07) is 10.3. The maximum atomic E-state index is 12.1. The average molecular weight is 288 g/mol. The van der Waals surface area contributed by atoms with Crippen molar-refractivity contribution in [1.29, 1.82) is 0 Å². The summed E-state index contributed by atoms with van der Waals surface area (Å²) in [7, 11) is 0. The highest BCUT2D eigenvalue weighted by atomic mass is 16.2. The zero-order valence-corrected chi connectivity index (χ0v) is 12.8. The van der Waals surface area contributed by atoms with Gasteiger partial charge in [0.05, 0.1) is 5.92 Å². The van der Waals surface area contributed by atoms with Crippen molar-refractivity contribution in [3.8, 4) is 0 Å². The smallest absolute Gasteiger partial charge is 0.225 e. The van der Waals surface area contributed by atoms with Crippen molar-refractivity contribution >= 4 is 11.8 Å². The molecule has 0 radical (unpaired) electrons. The molecule has 1 fully saturated rings. The lowest BCUT2D eigenvalue weighted by molar-refractivity contribution is -0.126. The molecule has 1 heterocycles. The quantitative estimate of drug-likeness (QED) is 0.838. The zero-order chi connectivity index (χ0) is 15.2. The van der Waals surface area contributed by atoms with Gasteiger partial charge in [0, 0.05) is 19.5 Å². The van der Waals surface area contributed by atoms with Gasteiger partial charge in [0.1, 0.15) is 0 Å². The minimum atomic E-state index is -0.206. The second-order valence-corrected chi connectivity index (χ2v) is 6.14. The summed E-state index contributed by atoms with van der Waals surface area (Å²) >= 11 is 0. The molecule has 4 nitrogen and oxygen atoms in total. The van der Waals surface area contributed by atoms with Gasteiger partial charge in [-0.3, -0.25) is 9.59 Å². The Morgan fingerprint density at radius 1 is 1.33 bits per heavy atom. The number of amides is 2. The van der Waals surface area contributed by atoms with Crippen molar-refractivity contribution in [2.75, 3.05) is 13.1 Å². The van der Waals surface area contributed by atoms with E-state index in [0.717, 1.165) is 6.42 Å². The summed E-state index contributed by atoms with van der Waals surface area (Å²) in [5.74, 6) is 0.657. The summed E-state index contributed by atoms with van der Waals surface area (Å²) < 4.78 is 0. The molecule has 1 aromatic carbocycles. The number of nitrogens with one attached hydrogen (secondary N) is 2. The molecule has 21 heavy (non-hydrogen) atoms. The maximum absolute atomic E-state index is 12.1. The Kier molecular flexibility index (Phi) is 5.37. The number of rotatable bonds is 6. The standard InChI is InChI=1S/C17H24N2O2/c1-12(2)14(8-13-6-4-3-5-7-13)10-19-17(21)15-9-16(20)18-11-15/h3-7,12,14-15H,8-11H2,1-2H3,(H,18,20)(H,19,21). The van der Waals surface area contributed by atoms with Crippen molar-refractivity contribution < 1.29 is 9.59 Å². The second kappa shape index (κ2) is 7.25. The fraction of sp³-hybridized carbons (Fsp3) is 0.529. The lowest BCUT2D eigenvalue weighted by Gasteiger charge is -2.22. The van der Waals surface area contributed by atoms with Crippen LogP contribution >= 0.6 is 0 Å². The van der Waals surface area contributed by atoms with E-state index < -0.39 is 0 Å². The normalized spacial score (nSPS) is 19.4. The Hall–Kier alpha value is -1.84. The van der Waals surface area contributed by atoms with E-state index >= 15 is 0 Å². The first-order valence-electron chi connectivity index (χ1n) is 7.64. The van der Waals surface area contributed by atoms with Gasteiger partial charge >= 0.3 is 0 Å². The van der Waals surface area contributed by atoms with Crippen LogP contribution in [0, 0.1) is 17.8 Å². The molecule has 1 saturated heterocycles. The molecule has 2 rings (SSSR count). The largest absolute Gasteiger partial charge is 0.355 e. The van der Waals surface area contributed by atoms with Gasteiger partial charge in [-0.05, 0) is 23.8 Å². The lowest BCUT2D eigenvalue weighted by Crippen LogP contribution is -2.37. The Morgan fingerprint density at radius 2 is 2.05 bits per heavy atom. The van der Waals surface area contributed by atoms with E-state index in [1.807, 2.05) is 18.2 Å². The van der Waals surface area contributed by atoms with Crippen LogP contribution in [0.2, 0.25) is 0 Å². The van der Waals surface area contributed by atoms with E-state index in [4.69, 9.17) is 0 Å². The van der Waals surface area contributed by atoms with Gasteiger partial charge in [-0.15, -0.1) is 0 Å². The summed E-state index contributed by atoms with van der Waals surface area (Å²) in [6.07, 6.45) is 1.28. The minimum absolute atomic E-state index is 0.00735. The highest BCUT2D eigenvalue weighted by Crippen LogP contribution is 2.17. The van der Waals surface area contributed by atoms with Gasteiger partial charge in [0.25, 0.3) is 0 Å². The van der Waals surface area contributed by atoms with Crippen LogP contribution in [-0.2, 0) is 16.0 Å². The molecule has 1 aliphatic rings. The summed E-state index contributed by atoms with van der Waals surface area (Å²) in [5.41, 5.74) is 1.29. The van der Waals surface area contributed by atoms with Gasteiger partial charge < -0.3 is 10.6 Å². The van der Waals surface area contributed by atoms with Crippen LogP contribution in [0.3, 0.4) is 0 Å². The van der Waals surface area contributed by atoms with Crippen molar-refractivity contribution in [2.24, 2.45) is 17.8 Å². The molecule has 0 saturated carbocycles. The molecule has 2 unspecified atom stereocenters. The van der Waals surface area contributed by atoms with Crippen molar-refractivity contribution in [1.82, 2.24) is 10.6 Å². The summed E-state index contributed by atoms with van der Waals surface area (Å²) in [4.78, 5) is 23.2. The first kappa shape index (κ1) is 15.5. The second-order valence-electron chi connectivity index (χ2n) is 6.14. The predicted octanol–water partition coefficient (Wildman–Crippen LogP) is 1.75. The SMILES string of the molecule is CC(C)C(CNC(=O)C1CNC(=O)C1)Cc1ccccc1. The molecule has 0 aromatic heterocycles. The van der Waals surface area contributed by atoms with Gasteiger partial charge in [-0.2, -0.15) is 0 Å². The predicted molar refractivity (Wildman–Crippen MR) is 82.6 cm³/mol. The van der Waals surface area contributed by atoms with E-state index in [1.54, 1.807) is 0 Å². The molecule has 0 bridgehead atoms. The molecule has 114 valence electrons. The number of hydrogen-bond donors (Lipinski definition) is 2.